The number of hydrogen-bond donors (Lipinski definition) is 1. The molecule has 11 heteroatoms. The molecule has 0 radical (unpaired) electrons. The fourth-order valence-corrected chi connectivity index (χ4v) is 3.49. The number of carbonyl (C=O) groups is 1. The lowest BCUT2D eigenvalue weighted by Gasteiger charge is -2.31. The Labute approximate surface area is 153 Å². The van der Waals surface area contributed by atoms with Gasteiger partial charge in [0.1, 0.15) is 17.8 Å². The third-order valence-corrected chi connectivity index (χ3v) is 4.79. The van der Waals surface area contributed by atoms with E-state index in [1.54, 1.807) is 6.07 Å². The summed E-state index contributed by atoms with van der Waals surface area (Å²) in [5, 5.41) is 26.4. The number of fused-ring (bicyclic) bond motifs is 1. The summed E-state index contributed by atoms with van der Waals surface area (Å²) < 4.78 is 3.39. The number of H-pyrrole nitrogens is 1. The van der Waals surface area contributed by atoms with Gasteiger partial charge in [0, 0.05) is 31.3 Å². The van der Waals surface area contributed by atoms with Crippen LogP contribution in [0.5, 0.6) is 0 Å². The summed E-state index contributed by atoms with van der Waals surface area (Å²) in [7, 11) is 0. The highest BCUT2D eigenvalue weighted by molar-refractivity contribution is 5.92. The molecule has 1 amide bonds. The standard InChI is InChI=1S/C16H16N10O/c27-16(12-8-14(20-18-12)26-10-17-22-23-26)24-6-3-4-11(9-24)15-21-19-13-5-1-2-7-25(13)15/h1-2,5,7-8,10-11H,3-4,6,9H2,(H,18,20). The zero-order chi connectivity index (χ0) is 18.2. The first-order chi connectivity index (χ1) is 13.3. The van der Waals surface area contributed by atoms with Crippen LogP contribution >= 0.6 is 0 Å². The zero-order valence-electron chi connectivity index (χ0n) is 14.3. The molecule has 5 heterocycles. The van der Waals surface area contributed by atoms with Crippen LogP contribution in [0, 0.1) is 0 Å². The van der Waals surface area contributed by atoms with Crippen LogP contribution in [0.2, 0.25) is 0 Å². The van der Waals surface area contributed by atoms with Crippen LogP contribution in [0.4, 0.5) is 0 Å². The number of nitrogens with one attached hydrogen (secondary N) is 1. The van der Waals surface area contributed by atoms with E-state index in [-0.39, 0.29) is 11.8 Å². The lowest BCUT2D eigenvalue weighted by molar-refractivity contribution is 0.0698. The first kappa shape index (κ1) is 15.6. The van der Waals surface area contributed by atoms with Gasteiger partial charge in [-0.1, -0.05) is 6.07 Å². The van der Waals surface area contributed by atoms with Crippen molar-refractivity contribution in [3.8, 4) is 5.82 Å². The molecule has 11 nitrogen and oxygen atoms in total. The van der Waals surface area contributed by atoms with Crippen molar-refractivity contribution in [2.45, 2.75) is 18.8 Å². The van der Waals surface area contributed by atoms with Crippen LogP contribution < -0.4 is 0 Å². The van der Waals surface area contributed by atoms with Crippen LogP contribution in [0.25, 0.3) is 11.5 Å². The van der Waals surface area contributed by atoms with Gasteiger partial charge in [-0.3, -0.25) is 14.3 Å². The number of carbonyl (C=O) groups excluding carboxylic acids is 1. The summed E-state index contributed by atoms with van der Waals surface area (Å²) in [4.78, 5) is 14.7. The molecule has 0 saturated carbocycles. The summed E-state index contributed by atoms with van der Waals surface area (Å²) in [6.45, 7) is 1.29. The van der Waals surface area contributed by atoms with Gasteiger partial charge in [-0.25, -0.2) is 0 Å². The van der Waals surface area contributed by atoms with Crippen LogP contribution in [0.1, 0.15) is 35.1 Å². The molecule has 1 saturated heterocycles. The van der Waals surface area contributed by atoms with Gasteiger partial charge < -0.3 is 4.90 Å². The molecular weight excluding hydrogens is 348 g/mol. The number of hydrogen-bond acceptors (Lipinski definition) is 7. The molecule has 1 unspecified atom stereocenters. The molecule has 1 atom stereocenters. The lowest BCUT2D eigenvalue weighted by Crippen LogP contribution is -2.39. The molecule has 1 aliphatic heterocycles. The molecule has 1 fully saturated rings. The van der Waals surface area contributed by atoms with E-state index in [9.17, 15) is 4.79 Å². The maximum Gasteiger partial charge on any atom is 0.271 e. The Morgan fingerprint density at radius 2 is 2.22 bits per heavy atom. The molecule has 4 aromatic rings. The molecule has 136 valence electrons. The van der Waals surface area contributed by atoms with Crippen molar-refractivity contribution in [1.82, 2.24) is 49.9 Å². The second-order valence-electron chi connectivity index (χ2n) is 6.47. The third-order valence-electron chi connectivity index (χ3n) is 4.79. The highest BCUT2D eigenvalue weighted by atomic mass is 16.2. The second kappa shape index (κ2) is 6.27. The summed E-state index contributed by atoms with van der Waals surface area (Å²) in [6.07, 6.45) is 5.26. The van der Waals surface area contributed by atoms with Gasteiger partial charge in [0.2, 0.25) is 0 Å². The predicted octanol–water partition coefficient (Wildman–Crippen LogP) is 0.448. The molecule has 4 aromatic heterocycles. The first-order valence-electron chi connectivity index (χ1n) is 8.67. The highest BCUT2D eigenvalue weighted by Gasteiger charge is 2.29. The number of rotatable bonds is 3. The zero-order valence-corrected chi connectivity index (χ0v) is 14.3. The molecule has 0 aromatic carbocycles. The van der Waals surface area contributed by atoms with E-state index in [2.05, 4.69) is 35.9 Å². The Bertz CT molecular complexity index is 1080. The van der Waals surface area contributed by atoms with Crippen molar-refractivity contribution in [1.29, 1.82) is 0 Å². The summed E-state index contributed by atoms with van der Waals surface area (Å²) in [6, 6.07) is 7.46. The first-order valence-corrected chi connectivity index (χ1v) is 8.67. The van der Waals surface area contributed by atoms with Gasteiger partial charge in [-0.15, -0.1) is 15.3 Å². The lowest BCUT2D eigenvalue weighted by atomic mass is 9.97. The van der Waals surface area contributed by atoms with Gasteiger partial charge >= 0.3 is 0 Å². The molecule has 1 N–H and O–H groups in total. The average Bonchev–Trinajstić information content (AvgIpc) is 3.47. The quantitative estimate of drug-likeness (QED) is 0.560. The number of aromatic nitrogens is 9. The topological polar surface area (TPSA) is 123 Å². The maximum atomic E-state index is 12.9. The SMILES string of the molecule is O=C(c1cc(-n2cnnn2)n[nH]1)N1CCCC(c2nnc3ccccn23)C1. The van der Waals surface area contributed by atoms with Crippen molar-refractivity contribution in [2.24, 2.45) is 0 Å². The van der Waals surface area contributed by atoms with E-state index in [4.69, 9.17) is 0 Å². The van der Waals surface area contributed by atoms with Crippen molar-refractivity contribution in [3.63, 3.8) is 0 Å². The fraction of sp³-hybridized carbons (Fsp3) is 0.312. The van der Waals surface area contributed by atoms with Crippen molar-refractivity contribution in [2.75, 3.05) is 13.1 Å². The van der Waals surface area contributed by atoms with Crippen molar-refractivity contribution >= 4 is 11.6 Å². The van der Waals surface area contributed by atoms with Gasteiger partial charge in [0.15, 0.2) is 11.5 Å². The van der Waals surface area contributed by atoms with E-state index in [0.29, 0.717) is 24.6 Å². The number of likely N-dealkylation sites (tertiary alicyclic amines) is 1. The van der Waals surface area contributed by atoms with E-state index in [0.717, 1.165) is 24.3 Å². The maximum absolute atomic E-state index is 12.9. The predicted molar refractivity (Wildman–Crippen MR) is 92.2 cm³/mol. The molecule has 0 aliphatic carbocycles. The highest BCUT2D eigenvalue weighted by Crippen LogP contribution is 2.27. The number of nitrogens with zero attached hydrogens (tertiary/aromatic N) is 9. The average molecular weight is 364 g/mol. The molecular formula is C16H16N10O. The number of piperidine rings is 1. The van der Waals surface area contributed by atoms with E-state index < -0.39 is 0 Å². The van der Waals surface area contributed by atoms with Crippen LogP contribution in [0.15, 0.2) is 36.8 Å². The third kappa shape index (κ3) is 2.72. The summed E-state index contributed by atoms with van der Waals surface area (Å²) in [5.74, 6) is 1.41. The molecule has 1 aliphatic rings. The van der Waals surface area contributed by atoms with E-state index in [1.165, 1.54) is 11.0 Å². The van der Waals surface area contributed by atoms with Crippen LogP contribution in [-0.4, -0.2) is 68.9 Å². The Hall–Kier alpha value is -3.63. The normalized spacial score (nSPS) is 17.5. The molecule has 0 spiro atoms. The second-order valence-corrected chi connectivity index (χ2v) is 6.47. The fourth-order valence-electron chi connectivity index (χ4n) is 3.49. The molecule has 27 heavy (non-hydrogen) atoms. The smallest absolute Gasteiger partial charge is 0.271 e. The molecule has 0 bridgehead atoms. The molecule has 5 rings (SSSR count). The van der Waals surface area contributed by atoms with E-state index in [1.807, 2.05) is 33.7 Å². The van der Waals surface area contributed by atoms with Crippen molar-refractivity contribution in [3.05, 3.63) is 48.3 Å². The Kier molecular flexibility index (Phi) is 3.62. The Balaban J connectivity index is 1.37. The van der Waals surface area contributed by atoms with Crippen LogP contribution in [-0.2, 0) is 0 Å². The number of amides is 1. The number of pyridine rings is 1. The van der Waals surface area contributed by atoms with Gasteiger partial charge in [0.05, 0.1) is 0 Å². The minimum Gasteiger partial charge on any atom is -0.337 e. The van der Waals surface area contributed by atoms with Crippen molar-refractivity contribution < 1.29 is 4.79 Å². The minimum atomic E-state index is -0.0969. The Morgan fingerprint density at radius 1 is 1.26 bits per heavy atom. The van der Waals surface area contributed by atoms with Gasteiger partial charge in [-0.05, 0) is 35.4 Å². The minimum absolute atomic E-state index is 0.0969. The largest absolute Gasteiger partial charge is 0.337 e. The summed E-state index contributed by atoms with van der Waals surface area (Å²) >= 11 is 0. The van der Waals surface area contributed by atoms with Gasteiger partial charge in [-0.2, -0.15) is 9.78 Å². The van der Waals surface area contributed by atoms with Crippen LogP contribution in [0.3, 0.4) is 0 Å². The van der Waals surface area contributed by atoms with E-state index >= 15 is 0 Å². The Morgan fingerprint density at radius 3 is 3.11 bits per heavy atom. The monoisotopic (exact) mass is 364 g/mol. The number of aromatic amines is 1. The number of tetrazole rings is 1. The summed E-state index contributed by atoms with van der Waals surface area (Å²) in [5.41, 5.74) is 1.22. The van der Waals surface area contributed by atoms with Gasteiger partial charge in [0.25, 0.3) is 5.91 Å².